The third-order valence-corrected chi connectivity index (χ3v) is 4.35. The molecule has 1 aromatic rings. The average molecular weight is 343 g/mol. The number of aliphatic carboxylic acids is 1. The molecule has 4 nitrogen and oxygen atoms in total. The maximum Gasteiger partial charge on any atom is 0.392 e. The molecule has 1 amide bonds. The van der Waals surface area contributed by atoms with Gasteiger partial charge in [0.2, 0.25) is 5.91 Å². The normalized spacial score (nSPS) is 21.3. The van der Waals surface area contributed by atoms with Crippen LogP contribution in [0.4, 0.5) is 18.9 Å². The van der Waals surface area contributed by atoms with E-state index in [9.17, 15) is 22.8 Å². The molecule has 0 radical (unpaired) electrons. The summed E-state index contributed by atoms with van der Waals surface area (Å²) in [5.41, 5.74) is 1.11. The SMILES string of the molecule is O=C(O)CCc1cccc(NC(=O)C2CCCCC2C(F)(F)F)c1. The molecular formula is C17H20F3NO3. The number of alkyl halides is 3. The zero-order valence-corrected chi connectivity index (χ0v) is 13.1. The van der Waals surface area contributed by atoms with Crippen molar-refractivity contribution in [2.75, 3.05) is 5.32 Å². The second-order valence-corrected chi connectivity index (χ2v) is 6.12. The number of anilines is 1. The van der Waals surface area contributed by atoms with Gasteiger partial charge in [0.25, 0.3) is 0 Å². The number of carbonyl (C=O) groups is 2. The van der Waals surface area contributed by atoms with Crippen LogP contribution < -0.4 is 5.32 Å². The quantitative estimate of drug-likeness (QED) is 0.849. The van der Waals surface area contributed by atoms with Crippen LogP contribution in [0.15, 0.2) is 24.3 Å². The van der Waals surface area contributed by atoms with Crippen LogP contribution in [-0.4, -0.2) is 23.2 Å². The lowest BCUT2D eigenvalue weighted by atomic mass is 9.78. The first-order valence-electron chi connectivity index (χ1n) is 7.95. The number of carbonyl (C=O) groups excluding carboxylic acids is 1. The summed E-state index contributed by atoms with van der Waals surface area (Å²) in [6, 6.07) is 6.56. The van der Waals surface area contributed by atoms with Gasteiger partial charge in [-0.05, 0) is 37.0 Å². The number of carboxylic acid groups (broad SMARTS) is 1. The molecule has 1 aliphatic carbocycles. The fourth-order valence-corrected chi connectivity index (χ4v) is 3.13. The highest BCUT2D eigenvalue weighted by Crippen LogP contribution is 2.41. The Morgan fingerprint density at radius 3 is 2.58 bits per heavy atom. The zero-order valence-electron chi connectivity index (χ0n) is 13.1. The molecule has 24 heavy (non-hydrogen) atoms. The van der Waals surface area contributed by atoms with Crippen LogP contribution in [0.1, 0.15) is 37.7 Å². The molecule has 0 aromatic heterocycles. The third kappa shape index (κ3) is 4.97. The van der Waals surface area contributed by atoms with Gasteiger partial charge in [-0.3, -0.25) is 9.59 Å². The molecule has 0 heterocycles. The van der Waals surface area contributed by atoms with E-state index >= 15 is 0 Å². The van der Waals surface area contributed by atoms with Gasteiger partial charge < -0.3 is 10.4 Å². The predicted octanol–water partition coefficient (Wildman–Crippen LogP) is 4.01. The summed E-state index contributed by atoms with van der Waals surface area (Å²) in [5, 5.41) is 11.2. The number of rotatable bonds is 5. The van der Waals surface area contributed by atoms with E-state index in [1.807, 2.05) is 0 Å². The van der Waals surface area contributed by atoms with Crippen molar-refractivity contribution in [3.05, 3.63) is 29.8 Å². The molecule has 2 rings (SSSR count). The fourth-order valence-electron chi connectivity index (χ4n) is 3.13. The van der Waals surface area contributed by atoms with Gasteiger partial charge in [0, 0.05) is 18.0 Å². The molecule has 2 unspecified atom stereocenters. The van der Waals surface area contributed by atoms with Crippen molar-refractivity contribution >= 4 is 17.6 Å². The first kappa shape index (κ1) is 18.3. The Balaban J connectivity index is 2.05. The number of hydrogen-bond donors (Lipinski definition) is 2. The van der Waals surface area contributed by atoms with Gasteiger partial charge in [-0.1, -0.05) is 25.0 Å². The van der Waals surface area contributed by atoms with Crippen molar-refractivity contribution in [1.29, 1.82) is 0 Å². The molecule has 0 aliphatic heterocycles. The van der Waals surface area contributed by atoms with Gasteiger partial charge in [0.1, 0.15) is 0 Å². The first-order valence-corrected chi connectivity index (χ1v) is 7.95. The number of amides is 1. The lowest BCUT2D eigenvalue weighted by molar-refractivity contribution is -0.197. The predicted molar refractivity (Wildman–Crippen MR) is 82.5 cm³/mol. The first-order chi connectivity index (χ1) is 11.3. The topological polar surface area (TPSA) is 66.4 Å². The fraction of sp³-hybridized carbons (Fsp3) is 0.529. The maximum atomic E-state index is 13.1. The second kappa shape index (κ2) is 7.68. The largest absolute Gasteiger partial charge is 0.481 e. The molecular weight excluding hydrogens is 323 g/mol. The van der Waals surface area contributed by atoms with E-state index in [1.165, 1.54) is 0 Å². The molecule has 0 bridgehead atoms. The summed E-state index contributed by atoms with van der Waals surface area (Å²) >= 11 is 0. The van der Waals surface area contributed by atoms with Gasteiger partial charge in [0.05, 0.1) is 5.92 Å². The van der Waals surface area contributed by atoms with Crippen LogP contribution in [0.5, 0.6) is 0 Å². The zero-order chi connectivity index (χ0) is 17.7. The highest BCUT2D eigenvalue weighted by Gasteiger charge is 2.48. The lowest BCUT2D eigenvalue weighted by Gasteiger charge is -2.32. The summed E-state index contributed by atoms with van der Waals surface area (Å²) in [4.78, 5) is 22.9. The highest BCUT2D eigenvalue weighted by atomic mass is 19.4. The molecule has 1 saturated carbocycles. The van der Waals surface area contributed by atoms with Crippen LogP contribution in [0.2, 0.25) is 0 Å². The van der Waals surface area contributed by atoms with Gasteiger partial charge in [-0.25, -0.2) is 0 Å². The Labute approximate surface area is 138 Å². The Morgan fingerprint density at radius 1 is 1.21 bits per heavy atom. The Morgan fingerprint density at radius 2 is 1.92 bits per heavy atom. The van der Waals surface area contributed by atoms with Crippen molar-refractivity contribution in [3.8, 4) is 0 Å². The summed E-state index contributed by atoms with van der Waals surface area (Å²) in [7, 11) is 0. The molecule has 1 fully saturated rings. The molecule has 1 aliphatic rings. The molecule has 7 heteroatoms. The number of halogens is 3. The molecule has 2 atom stereocenters. The van der Waals surface area contributed by atoms with Crippen LogP contribution >= 0.6 is 0 Å². The van der Waals surface area contributed by atoms with E-state index in [2.05, 4.69) is 5.32 Å². The van der Waals surface area contributed by atoms with Crippen molar-refractivity contribution in [1.82, 2.24) is 0 Å². The summed E-state index contributed by atoms with van der Waals surface area (Å²) in [5.74, 6) is -4.21. The Bertz CT molecular complexity index is 601. The molecule has 2 N–H and O–H groups in total. The van der Waals surface area contributed by atoms with E-state index < -0.39 is 29.9 Å². The number of hydrogen-bond acceptors (Lipinski definition) is 2. The van der Waals surface area contributed by atoms with Gasteiger partial charge in [0.15, 0.2) is 0 Å². The number of aryl methyl sites for hydroxylation is 1. The van der Waals surface area contributed by atoms with E-state index in [0.717, 1.165) is 0 Å². The van der Waals surface area contributed by atoms with Crippen molar-refractivity contribution < 1.29 is 27.9 Å². The van der Waals surface area contributed by atoms with Crippen molar-refractivity contribution in [3.63, 3.8) is 0 Å². The molecule has 0 saturated heterocycles. The minimum atomic E-state index is -4.37. The second-order valence-electron chi connectivity index (χ2n) is 6.12. The van der Waals surface area contributed by atoms with Crippen LogP contribution in [0, 0.1) is 11.8 Å². The van der Waals surface area contributed by atoms with Crippen LogP contribution in [-0.2, 0) is 16.0 Å². The average Bonchev–Trinajstić information content (AvgIpc) is 2.52. The smallest absolute Gasteiger partial charge is 0.392 e. The standard InChI is InChI=1S/C17H20F3NO3/c18-17(19,20)14-7-2-1-6-13(14)16(24)21-12-5-3-4-11(10-12)8-9-15(22)23/h3-5,10,13-14H,1-2,6-9H2,(H,21,24)(H,22,23). The number of carboxylic acids is 1. The van der Waals surface area contributed by atoms with Crippen LogP contribution in [0.25, 0.3) is 0 Å². The van der Waals surface area contributed by atoms with Crippen molar-refractivity contribution in [2.45, 2.75) is 44.7 Å². The third-order valence-electron chi connectivity index (χ3n) is 4.35. The van der Waals surface area contributed by atoms with Gasteiger partial charge in [-0.15, -0.1) is 0 Å². The highest BCUT2D eigenvalue weighted by molar-refractivity contribution is 5.93. The van der Waals surface area contributed by atoms with E-state index in [0.29, 0.717) is 30.5 Å². The monoisotopic (exact) mass is 343 g/mol. The van der Waals surface area contributed by atoms with E-state index in [4.69, 9.17) is 5.11 Å². The maximum absolute atomic E-state index is 13.1. The summed E-state index contributed by atoms with van der Waals surface area (Å²) < 4.78 is 39.3. The number of benzene rings is 1. The minimum absolute atomic E-state index is 0.0137. The molecule has 1 aromatic carbocycles. The Hall–Kier alpha value is -2.05. The lowest BCUT2D eigenvalue weighted by Crippen LogP contribution is -2.39. The summed E-state index contributed by atoms with van der Waals surface area (Å²) in [6.45, 7) is 0. The van der Waals surface area contributed by atoms with E-state index in [1.54, 1.807) is 24.3 Å². The van der Waals surface area contributed by atoms with Gasteiger partial charge in [-0.2, -0.15) is 13.2 Å². The summed E-state index contributed by atoms with van der Waals surface area (Å²) in [6.07, 6.45) is -2.80. The molecule has 132 valence electrons. The number of nitrogens with one attached hydrogen (secondary N) is 1. The van der Waals surface area contributed by atoms with E-state index in [-0.39, 0.29) is 19.3 Å². The Kier molecular flexibility index (Phi) is 5.85. The van der Waals surface area contributed by atoms with Gasteiger partial charge >= 0.3 is 12.1 Å². The van der Waals surface area contributed by atoms with Crippen LogP contribution in [0.3, 0.4) is 0 Å². The molecule has 0 spiro atoms. The van der Waals surface area contributed by atoms with Crippen molar-refractivity contribution in [2.24, 2.45) is 11.8 Å². The minimum Gasteiger partial charge on any atom is -0.481 e.